The van der Waals surface area contributed by atoms with Crippen molar-refractivity contribution in [3.8, 4) is 6.07 Å². The predicted octanol–water partition coefficient (Wildman–Crippen LogP) is 2.16. The SMILES string of the molecule is N#CCCOC(=O)/C=C/c1ccccc1. The van der Waals surface area contributed by atoms with E-state index in [4.69, 9.17) is 10.00 Å². The van der Waals surface area contributed by atoms with Crippen molar-refractivity contribution in [2.45, 2.75) is 6.42 Å². The van der Waals surface area contributed by atoms with Crippen LogP contribution >= 0.6 is 0 Å². The molecule has 76 valence electrons. The van der Waals surface area contributed by atoms with Gasteiger partial charge in [0.2, 0.25) is 0 Å². The zero-order valence-corrected chi connectivity index (χ0v) is 8.22. The third kappa shape index (κ3) is 4.63. The van der Waals surface area contributed by atoms with Gasteiger partial charge in [0.05, 0.1) is 12.5 Å². The Morgan fingerprint density at radius 2 is 2.13 bits per heavy atom. The molecule has 0 aromatic heterocycles. The summed E-state index contributed by atoms with van der Waals surface area (Å²) >= 11 is 0. The maximum absolute atomic E-state index is 11.1. The Morgan fingerprint density at radius 3 is 2.80 bits per heavy atom. The Morgan fingerprint density at radius 1 is 1.40 bits per heavy atom. The van der Waals surface area contributed by atoms with Crippen LogP contribution in [0.2, 0.25) is 0 Å². The molecule has 3 heteroatoms. The van der Waals surface area contributed by atoms with Gasteiger partial charge in [-0.2, -0.15) is 5.26 Å². The van der Waals surface area contributed by atoms with Crippen molar-refractivity contribution < 1.29 is 9.53 Å². The van der Waals surface area contributed by atoms with Crippen LogP contribution in [0.5, 0.6) is 0 Å². The largest absolute Gasteiger partial charge is 0.461 e. The van der Waals surface area contributed by atoms with E-state index < -0.39 is 5.97 Å². The van der Waals surface area contributed by atoms with E-state index in [1.807, 2.05) is 36.4 Å². The first kappa shape index (κ1) is 11.0. The van der Waals surface area contributed by atoms with Crippen LogP contribution in [0.25, 0.3) is 6.08 Å². The molecule has 0 aliphatic carbocycles. The zero-order chi connectivity index (χ0) is 10.9. The molecule has 0 aliphatic rings. The molecule has 0 bridgehead atoms. The smallest absolute Gasteiger partial charge is 0.330 e. The fourth-order valence-electron chi connectivity index (χ4n) is 0.974. The molecule has 0 saturated heterocycles. The second-order valence-electron chi connectivity index (χ2n) is 2.82. The number of nitriles is 1. The summed E-state index contributed by atoms with van der Waals surface area (Å²) in [7, 11) is 0. The van der Waals surface area contributed by atoms with Gasteiger partial charge >= 0.3 is 5.97 Å². The number of esters is 1. The lowest BCUT2D eigenvalue weighted by atomic mass is 10.2. The van der Waals surface area contributed by atoms with Gasteiger partial charge in [0.15, 0.2) is 0 Å². The molecule has 0 N–H and O–H groups in total. The van der Waals surface area contributed by atoms with E-state index in [0.29, 0.717) is 0 Å². The molecule has 0 fully saturated rings. The lowest BCUT2D eigenvalue weighted by Crippen LogP contribution is -2.01. The van der Waals surface area contributed by atoms with Crippen LogP contribution < -0.4 is 0 Å². The van der Waals surface area contributed by atoms with Crippen LogP contribution in [-0.2, 0) is 9.53 Å². The molecule has 0 spiro atoms. The molecular formula is C12H11NO2. The van der Waals surface area contributed by atoms with E-state index in [2.05, 4.69) is 0 Å². The third-order valence-electron chi connectivity index (χ3n) is 1.67. The number of hydrogen-bond donors (Lipinski definition) is 0. The number of carbonyl (C=O) groups is 1. The first-order chi connectivity index (χ1) is 7.33. The van der Waals surface area contributed by atoms with Crippen LogP contribution in [0.3, 0.4) is 0 Å². The summed E-state index contributed by atoms with van der Waals surface area (Å²) < 4.78 is 4.76. The summed E-state index contributed by atoms with van der Waals surface area (Å²) in [5, 5.41) is 8.23. The number of ether oxygens (including phenoxy) is 1. The zero-order valence-electron chi connectivity index (χ0n) is 8.22. The van der Waals surface area contributed by atoms with Crippen molar-refractivity contribution in [1.29, 1.82) is 5.26 Å². The molecule has 0 atom stereocenters. The highest BCUT2D eigenvalue weighted by Crippen LogP contribution is 2.00. The van der Waals surface area contributed by atoms with Crippen LogP contribution in [0, 0.1) is 11.3 Å². The third-order valence-corrected chi connectivity index (χ3v) is 1.67. The van der Waals surface area contributed by atoms with Crippen molar-refractivity contribution in [2.24, 2.45) is 0 Å². The molecule has 3 nitrogen and oxygen atoms in total. The summed E-state index contributed by atoms with van der Waals surface area (Å²) in [5.74, 6) is -0.422. The minimum absolute atomic E-state index is 0.147. The number of rotatable bonds is 4. The van der Waals surface area contributed by atoms with Crippen LogP contribution in [0.15, 0.2) is 36.4 Å². The molecule has 0 aliphatic heterocycles. The van der Waals surface area contributed by atoms with E-state index in [1.165, 1.54) is 6.08 Å². The molecule has 1 aromatic carbocycles. The standard InChI is InChI=1S/C12H11NO2/c13-9-4-10-15-12(14)8-7-11-5-2-1-3-6-11/h1-3,5-8H,4,10H2/b8-7+. The number of hydrogen-bond acceptors (Lipinski definition) is 3. The summed E-state index contributed by atoms with van der Waals surface area (Å²) in [4.78, 5) is 11.1. The fourth-order valence-corrected chi connectivity index (χ4v) is 0.974. The van der Waals surface area contributed by atoms with Gasteiger partial charge < -0.3 is 4.74 Å². The van der Waals surface area contributed by atoms with Crippen molar-refractivity contribution in [2.75, 3.05) is 6.61 Å². The van der Waals surface area contributed by atoms with Gasteiger partial charge in [0.25, 0.3) is 0 Å². The first-order valence-electron chi connectivity index (χ1n) is 4.60. The molecular weight excluding hydrogens is 190 g/mol. The Kier molecular flexibility index (Phi) is 4.68. The molecule has 0 unspecified atom stereocenters. The lowest BCUT2D eigenvalue weighted by molar-refractivity contribution is -0.137. The van der Waals surface area contributed by atoms with E-state index in [0.717, 1.165) is 5.56 Å². The van der Waals surface area contributed by atoms with Gasteiger partial charge in [-0.25, -0.2) is 4.79 Å². The van der Waals surface area contributed by atoms with E-state index in [-0.39, 0.29) is 13.0 Å². The van der Waals surface area contributed by atoms with Gasteiger partial charge in [-0.05, 0) is 11.6 Å². The normalized spacial score (nSPS) is 9.80. The number of benzene rings is 1. The van der Waals surface area contributed by atoms with E-state index in [9.17, 15) is 4.79 Å². The molecule has 1 aromatic rings. The molecule has 1 rings (SSSR count). The van der Waals surface area contributed by atoms with E-state index in [1.54, 1.807) is 6.08 Å². The van der Waals surface area contributed by atoms with Crippen molar-refractivity contribution in [1.82, 2.24) is 0 Å². The van der Waals surface area contributed by atoms with Gasteiger partial charge in [-0.1, -0.05) is 30.3 Å². The predicted molar refractivity (Wildman–Crippen MR) is 56.7 cm³/mol. The minimum Gasteiger partial charge on any atom is -0.461 e. The van der Waals surface area contributed by atoms with Crippen molar-refractivity contribution in [3.63, 3.8) is 0 Å². The molecule has 0 heterocycles. The Hall–Kier alpha value is -2.08. The highest BCUT2D eigenvalue weighted by atomic mass is 16.5. The second-order valence-corrected chi connectivity index (χ2v) is 2.82. The minimum atomic E-state index is -0.422. The van der Waals surface area contributed by atoms with Crippen molar-refractivity contribution >= 4 is 12.0 Å². The topological polar surface area (TPSA) is 50.1 Å². The van der Waals surface area contributed by atoms with Crippen LogP contribution in [-0.4, -0.2) is 12.6 Å². The van der Waals surface area contributed by atoms with E-state index >= 15 is 0 Å². The lowest BCUT2D eigenvalue weighted by Gasteiger charge is -1.96. The highest BCUT2D eigenvalue weighted by molar-refractivity contribution is 5.86. The maximum Gasteiger partial charge on any atom is 0.330 e. The second kappa shape index (κ2) is 6.39. The Labute approximate surface area is 88.6 Å². The monoisotopic (exact) mass is 201 g/mol. The number of nitrogens with zero attached hydrogens (tertiary/aromatic N) is 1. The Balaban J connectivity index is 2.38. The average molecular weight is 201 g/mol. The average Bonchev–Trinajstić information content (AvgIpc) is 2.28. The van der Waals surface area contributed by atoms with Crippen LogP contribution in [0.1, 0.15) is 12.0 Å². The quantitative estimate of drug-likeness (QED) is 0.426. The van der Waals surface area contributed by atoms with Gasteiger partial charge in [0, 0.05) is 6.08 Å². The van der Waals surface area contributed by atoms with Gasteiger partial charge in [0.1, 0.15) is 6.61 Å². The summed E-state index contributed by atoms with van der Waals surface area (Å²) in [5.41, 5.74) is 0.940. The molecule has 0 amide bonds. The summed E-state index contributed by atoms with van der Waals surface area (Å²) in [6, 6.07) is 11.4. The Bertz CT molecular complexity index is 376. The summed E-state index contributed by atoms with van der Waals surface area (Å²) in [6.07, 6.45) is 3.26. The molecule has 15 heavy (non-hydrogen) atoms. The molecule has 0 radical (unpaired) electrons. The first-order valence-corrected chi connectivity index (χ1v) is 4.60. The van der Waals surface area contributed by atoms with Gasteiger partial charge in [-0.15, -0.1) is 0 Å². The molecule has 0 saturated carbocycles. The van der Waals surface area contributed by atoms with Crippen LogP contribution in [0.4, 0.5) is 0 Å². The fraction of sp³-hybridized carbons (Fsp3) is 0.167. The van der Waals surface area contributed by atoms with Gasteiger partial charge in [-0.3, -0.25) is 0 Å². The maximum atomic E-state index is 11.1. The number of carbonyl (C=O) groups excluding carboxylic acids is 1. The highest BCUT2D eigenvalue weighted by Gasteiger charge is 1.95. The van der Waals surface area contributed by atoms with Crippen molar-refractivity contribution in [3.05, 3.63) is 42.0 Å². The summed E-state index contributed by atoms with van der Waals surface area (Å²) in [6.45, 7) is 0.147.